The molecule has 0 radical (unpaired) electrons. The average Bonchev–Trinajstić information content (AvgIpc) is 2.24. The highest BCUT2D eigenvalue weighted by molar-refractivity contribution is 6.37. The van der Waals surface area contributed by atoms with Crippen molar-refractivity contribution < 1.29 is 0 Å². The molecular formula is C13H15Cl2N. The molecular weight excluding hydrogens is 241 g/mol. The Hall–Kier alpha value is -0.790. The van der Waals surface area contributed by atoms with E-state index in [0.29, 0.717) is 10.2 Å². The largest absolute Gasteiger partial charge is 0.236 e. The molecule has 0 spiro atoms. The molecule has 0 aliphatic heterocycles. The summed E-state index contributed by atoms with van der Waals surface area (Å²) in [6.45, 7) is 8.10. The van der Waals surface area contributed by atoms with Crippen LogP contribution in [-0.4, -0.2) is 4.98 Å². The molecule has 1 aromatic heterocycles. The first-order chi connectivity index (χ1) is 7.58. The molecule has 0 aliphatic rings. The maximum atomic E-state index is 6.06. The van der Waals surface area contributed by atoms with Crippen molar-refractivity contribution in [3.8, 4) is 0 Å². The van der Waals surface area contributed by atoms with Crippen LogP contribution in [0.2, 0.25) is 10.2 Å². The summed E-state index contributed by atoms with van der Waals surface area (Å²) in [5.41, 5.74) is 3.26. The summed E-state index contributed by atoms with van der Waals surface area (Å²) < 4.78 is 0. The van der Waals surface area contributed by atoms with Crippen molar-refractivity contribution in [3.63, 3.8) is 0 Å². The van der Waals surface area contributed by atoms with Crippen LogP contribution in [0.5, 0.6) is 0 Å². The fourth-order valence-electron chi connectivity index (χ4n) is 1.41. The average molecular weight is 256 g/mol. The number of halogens is 2. The summed E-state index contributed by atoms with van der Waals surface area (Å²) in [6, 6.07) is 5.71. The second-order valence-corrected chi connectivity index (χ2v) is 4.17. The second kappa shape index (κ2) is 5.51. The van der Waals surface area contributed by atoms with Gasteiger partial charge in [0.25, 0.3) is 0 Å². The van der Waals surface area contributed by atoms with E-state index in [-0.39, 0.29) is 0 Å². The third-order valence-electron chi connectivity index (χ3n) is 2.34. The Morgan fingerprint density at radius 1 is 0.938 bits per heavy atom. The number of aromatic nitrogens is 1. The molecule has 0 saturated carbocycles. The summed E-state index contributed by atoms with van der Waals surface area (Å²) in [5, 5.41) is 2.05. The molecule has 2 aromatic rings. The molecule has 0 atom stereocenters. The summed E-state index contributed by atoms with van der Waals surface area (Å²) in [5.74, 6) is 0. The Balaban J connectivity index is 0.000000606. The van der Waals surface area contributed by atoms with Gasteiger partial charge in [0, 0.05) is 5.39 Å². The SMILES string of the molecule is CC.Cc1cc2nc(Cl)cc(Cl)c2cc1C. The van der Waals surface area contributed by atoms with Crippen LogP contribution in [-0.2, 0) is 0 Å². The van der Waals surface area contributed by atoms with Crippen LogP contribution in [0.4, 0.5) is 0 Å². The van der Waals surface area contributed by atoms with Gasteiger partial charge in [0.15, 0.2) is 0 Å². The molecule has 0 unspecified atom stereocenters. The predicted molar refractivity (Wildman–Crippen MR) is 72.6 cm³/mol. The molecule has 2 rings (SSSR count). The summed E-state index contributed by atoms with van der Waals surface area (Å²) >= 11 is 11.9. The minimum absolute atomic E-state index is 0.436. The van der Waals surface area contributed by atoms with Crippen molar-refractivity contribution in [2.24, 2.45) is 0 Å². The molecule has 0 fully saturated rings. The van der Waals surface area contributed by atoms with Crippen molar-refractivity contribution in [3.05, 3.63) is 39.5 Å². The lowest BCUT2D eigenvalue weighted by Gasteiger charge is -2.05. The molecule has 0 saturated heterocycles. The van der Waals surface area contributed by atoms with E-state index in [0.717, 1.165) is 10.9 Å². The number of pyridine rings is 1. The monoisotopic (exact) mass is 255 g/mol. The van der Waals surface area contributed by atoms with Crippen molar-refractivity contribution in [1.29, 1.82) is 0 Å². The summed E-state index contributed by atoms with van der Waals surface area (Å²) in [7, 11) is 0. The molecule has 0 amide bonds. The van der Waals surface area contributed by atoms with Crippen molar-refractivity contribution in [1.82, 2.24) is 4.98 Å². The number of benzene rings is 1. The van der Waals surface area contributed by atoms with Gasteiger partial charge in [-0.25, -0.2) is 4.98 Å². The van der Waals surface area contributed by atoms with Gasteiger partial charge in [-0.05, 0) is 43.2 Å². The zero-order valence-corrected chi connectivity index (χ0v) is 11.4. The normalized spacial score (nSPS) is 9.88. The maximum Gasteiger partial charge on any atom is 0.131 e. The number of nitrogens with zero attached hydrogens (tertiary/aromatic N) is 1. The van der Waals surface area contributed by atoms with Crippen molar-refractivity contribution in [2.45, 2.75) is 27.7 Å². The van der Waals surface area contributed by atoms with E-state index < -0.39 is 0 Å². The first-order valence-electron chi connectivity index (χ1n) is 5.31. The zero-order chi connectivity index (χ0) is 12.3. The number of rotatable bonds is 0. The van der Waals surface area contributed by atoms with Gasteiger partial charge < -0.3 is 0 Å². The van der Waals surface area contributed by atoms with Crippen LogP contribution in [0.25, 0.3) is 10.9 Å². The predicted octanol–water partition coefficient (Wildman–Crippen LogP) is 5.18. The highest BCUT2D eigenvalue weighted by Gasteiger charge is 2.04. The van der Waals surface area contributed by atoms with E-state index in [4.69, 9.17) is 23.2 Å². The second-order valence-electron chi connectivity index (χ2n) is 3.38. The topological polar surface area (TPSA) is 12.9 Å². The third-order valence-corrected chi connectivity index (χ3v) is 2.85. The lowest BCUT2D eigenvalue weighted by atomic mass is 10.1. The van der Waals surface area contributed by atoms with Gasteiger partial charge in [-0.2, -0.15) is 0 Å². The first-order valence-corrected chi connectivity index (χ1v) is 6.06. The molecule has 1 heterocycles. The molecule has 0 bridgehead atoms. The first kappa shape index (κ1) is 13.3. The van der Waals surface area contributed by atoms with E-state index in [1.807, 2.05) is 32.9 Å². The van der Waals surface area contributed by atoms with Crippen molar-refractivity contribution >= 4 is 34.1 Å². The Labute approximate surface area is 106 Å². The van der Waals surface area contributed by atoms with Crippen LogP contribution >= 0.6 is 23.2 Å². The standard InChI is InChI=1S/C11H9Cl2N.C2H6/c1-6-3-8-9(12)5-11(13)14-10(8)4-7(6)2;1-2/h3-5H,1-2H3;1-2H3. The van der Waals surface area contributed by atoms with Gasteiger partial charge >= 0.3 is 0 Å². The highest BCUT2D eigenvalue weighted by atomic mass is 35.5. The van der Waals surface area contributed by atoms with Gasteiger partial charge in [-0.15, -0.1) is 0 Å². The number of aryl methyl sites for hydroxylation is 2. The molecule has 0 N–H and O–H groups in total. The van der Waals surface area contributed by atoms with E-state index in [1.54, 1.807) is 6.07 Å². The van der Waals surface area contributed by atoms with E-state index >= 15 is 0 Å². The van der Waals surface area contributed by atoms with Crippen LogP contribution in [0.3, 0.4) is 0 Å². The Bertz CT molecular complexity index is 507. The molecule has 0 aliphatic carbocycles. The van der Waals surface area contributed by atoms with Crippen LogP contribution in [0.15, 0.2) is 18.2 Å². The molecule has 3 heteroatoms. The van der Waals surface area contributed by atoms with Crippen LogP contribution in [0, 0.1) is 13.8 Å². The smallest absolute Gasteiger partial charge is 0.131 e. The Morgan fingerprint density at radius 2 is 1.50 bits per heavy atom. The molecule has 1 aromatic carbocycles. The van der Waals surface area contributed by atoms with Crippen LogP contribution in [0.1, 0.15) is 25.0 Å². The van der Waals surface area contributed by atoms with Gasteiger partial charge in [-0.3, -0.25) is 0 Å². The number of hydrogen-bond donors (Lipinski definition) is 0. The quantitative estimate of drug-likeness (QED) is 0.591. The van der Waals surface area contributed by atoms with Gasteiger partial charge in [0.05, 0.1) is 10.5 Å². The molecule has 1 nitrogen and oxygen atoms in total. The summed E-state index contributed by atoms with van der Waals surface area (Å²) in [6.07, 6.45) is 0. The van der Waals surface area contributed by atoms with E-state index in [2.05, 4.69) is 11.9 Å². The zero-order valence-electron chi connectivity index (χ0n) is 9.94. The minimum Gasteiger partial charge on any atom is -0.236 e. The lowest BCUT2D eigenvalue weighted by Crippen LogP contribution is -1.86. The third kappa shape index (κ3) is 2.66. The fraction of sp³-hybridized carbons (Fsp3) is 0.308. The summed E-state index contributed by atoms with van der Waals surface area (Å²) in [4.78, 5) is 4.22. The highest BCUT2D eigenvalue weighted by Crippen LogP contribution is 2.27. The van der Waals surface area contributed by atoms with Gasteiger partial charge in [0.1, 0.15) is 5.15 Å². The van der Waals surface area contributed by atoms with Crippen LogP contribution < -0.4 is 0 Å². The maximum absolute atomic E-state index is 6.06. The lowest BCUT2D eigenvalue weighted by molar-refractivity contribution is 1.33. The Morgan fingerprint density at radius 3 is 2.12 bits per heavy atom. The number of hydrogen-bond acceptors (Lipinski definition) is 1. The van der Waals surface area contributed by atoms with E-state index in [1.165, 1.54) is 11.1 Å². The molecule has 16 heavy (non-hydrogen) atoms. The van der Waals surface area contributed by atoms with Gasteiger partial charge in [-0.1, -0.05) is 37.0 Å². The minimum atomic E-state index is 0.436. The van der Waals surface area contributed by atoms with Crippen molar-refractivity contribution in [2.75, 3.05) is 0 Å². The molecule has 86 valence electrons. The van der Waals surface area contributed by atoms with Gasteiger partial charge in [0.2, 0.25) is 0 Å². The number of fused-ring (bicyclic) bond motifs is 1. The fourth-order valence-corrected chi connectivity index (χ4v) is 1.93. The van der Waals surface area contributed by atoms with E-state index in [9.17, 15) is 0 Å². The Kier molecular flexibility index (Phi) is 4.57.